The molecule has 1 aromatic rings. The summed E-state index contributed by atoms with van der Waals surface area (Å²) in [6.07, 6.45) is 5.84. The molecule has 0 unspecified atom stereocenters. The van der Waals surface area contributed by atoms with E-state index in [1.165, 1.54) is 25.7 Å². The van der Waals surface area contributed by atoms with Gasteiger partial charge in [0, 0.05) is 6.42 Å². The fourth-order valence-corrected chi connectivity index (χ4v) is 2.83. The summed E-state index contributed by atoms with van der Waals surface area (Å²) in [7, 11) is 0. The van der Waals surface area contributed by atoms with Crippen LogP contribution in [0.4, 0.5) is 0 Å². The van der Waals surface area contributed by atoms with Crippen molar-refractivity contribution in [1.82, 2.24) is 14.8 Å². The van der Waals surface area contributed by atoms with Crippen LogP contribution in [0.1, 0.15) is 51.2 Å². The van der Waals surface area contributed by atoms with E-state index in [1.54, 1.807) is 18.4 Å². The second-order valence-corrected chi connectivity index (χ2v) is 5.72. The molecule has 5 nitrogen and oxygen atoms in total. The molecule has 0 spiro atoms. The van der Waals surface area contributed by atoms with Gasteiger partial charge in [0.05, 0.1) is 0 Å². The average Bonchev–Trinajstić information content (AvgIpc) is 2.89. The highest BCUT2D eigenvalue weighted by Gasteiger charge is 2.34. The molecule has 0 aliphatic heterocycles. The van der Waals surface area contributed by atoms with Gasteiger partial charge in [-0.1, -0.05) is 25.7 Å². The first-order chi connectivity index (χ1) is 8.43. The van der Waals surface area contributed by atoms with Gasteiger partial charge < -0.3 is 5.11 Å². The minimum absolute atomic E-state index is 0.636. The van der Waals surface area contributed by atoms with Crippen molar-refractivity contribution in [3.63, 3.8) is 0 Å². The maximum atomic E-state index is 11.4. The summed E-state index contributed by atoms with van der Waals surface area (Å²) in [5, 5.41) is 17.6. The molecule has 1 N–H and O–H groups in total. The topological polar surface area (TPSA) is 68.0 Å². The highest BCUT2D eigenvalue weighted by molar-refractivity contribution is 5.75. The van der Waals surface area contributed by atoms with Gasteiger partial charge in [0.2, 0.25) is 0 Å². The van der Waals surface area contributed by atoms with Crippen molar-refractivity contribution < 1.29 is 9.90 Å². The summed E-state index contributed by atoms with van der Waals surface area (Å²) in [6, 6.07) is 0. The maximum Gasteiger partial charge on any atom is 0.329 e. The minimum atomic E-state index is -0.985. The Kier molecular flexibility index (Phi) is 3.41. The van der Waals surface area contributed by atoms with Crippen LogP contribution in [0, 0.1) is 12.8 Å². The third-order valence-corrected chi connectivity index (χ3v) is 3.92. The third kappa shape index (κ3) is 2.26. The number of aryl methyl sites for hydroxylation is 1. The van der Waals surface area contributed by atoms with Crippen LogP contribution >= 0.6 is 0 Å². The predicted molar refractivity (Wildman–Crippen MR) is 67.4 cm³/mol. The molecule has 0 aromatic carbocycles. The second-order valence-electron chi connectivity index (χ2n) is 5.72. The van der Waals surface area contributed by atoms with Crippen LogP contribution in [-0.4, -0.2) is 25.8 Å². The summed E-state index contributed by atoms with van der Waals surface area (Å²) in [6.45, 7) is 5.21. The fourth-order valence-electron chi connectivity index (χ4n) is 2.83. The van der Waals surface area contributed by atoms with Crippen molar-refractivity contribution in [2.45, 2.75) is 58.4 Å². The largest absolute Gasteiger partial charge is 0.480 e. The van der Waals surface area contributed by atoms with E-state index in [9.17, 15) is 9.90 Å². The lowest BCUT2D eigenvalue weighted by molar-refractivity contribution is -0.145. The molecule has 1 saturated carbocycles. The number of carbonyl (C=O) groups is 1. The number of aliphatic carboxylic acids is 1. The predicted octanol–water partition coefficient (Wildman–Crippen LogP) is 2.14. The lowest BCUT2D eigenvalue weighted by Gasteiger charge is -2.25. The second kappa shape index (κ2) is 4.71. The summed E-state index contributed by atoms with van der Waals surface area (Å²) in [5.41, 5.74) is -0.985. The van der Waals surface area contributed by atoms with E-state index in [0.29, 0.717) is 11.7 Å². The number of rotatable bonds is 4. The lowest BCUT2D eigenvalue weighted by Crippen LogP contribution is -2.38. The molecule has 0 radical (unpaired) electrons. The molecule has 100 valence electrons. The molecule has 18 heavy (non-hydrogen) atoms. The summed E-state index contributed by atoms with van der Waals surface area (Å²) < 4.78 is 1.77. The van der Waals surface area contributed by atoms with E-state index in [1.807, 2.05) is 6.92 Å². The molecule has 0 amide bonds. The van der Waals surface area contributed by atoms with Gasteiger partial charge in [0.15, 0.2) is 0 Å². The van der Waals surface area contributed by atoms with E-state index in [2.05, 4.69) is 10.2 Å². The van der Waals surface area contributed by atoms with Gasteiger partial charge >= 0.3 is 5.97 Å². The summed E-state index contributed by atoms with van der Waals surface area (Å²) in [5.74, 6) is 1.28. The molecule has 1 aromatic heterocycles. The van der Waals surface area contributed by atoms with E-state index >= 15 is 0 Å². The van der Waals surface area contributed by atoms with Crippen molar-refractivity contribution in [1.29, 1.82) is 0 Å². The maximum absolute atomic E-state index is 11.4. The molecule has 1 heterocycles. The average molecular weight is 251 g/mol. The zero-order valence-corrected chi connectivity index (χ0v) is 11.3. The van der Waals surface area contributed by atoms with Crippen molar-refractivity contribution in [2.24, 2.45) is 5.92 Å². The van der Waals surface area contributed by atoms with E-state index in [-0.39, 0.29) is 0 Å². The van der Waals surface area contributed by atoms with Gasteiger partial charge in [-0.15, -0.1) is 10.2 Å². The first-order valence-electron chi connectivity index (χ1n) is 6.57. The van der Waals surface area contributed by atoms with Crippen LogP contribution in [0.25, 0.3) is 0 Å². The molecule has 5 heteroatoms. The molecule has 0 saturated heterocycles. The van der Waals surface area contributed by atoms with Gasteiger partial charge in [-0.2, -0.15) is 0 Å². The molecule has 0 atom stereocenters. The quantitative estimate of drug-likeness (QED) is 0.890. The Hall–Kier alpha value is -1.39. The number of aromatic nitrogens is 3. The lowest BCUT2D eigenvalue weighted by atomic mass is 10.0. The first-order valence-corrected chi connectivity index (χ1v) is 6.57. The zero-order valence-electron chi connectivity index (χ0n) is 11.3. The highest BCUT2D eigenvalue weighted by Crippen LogP contribution is 2.29. The fraction of sp³-hybridized carbons (Fsp3) is 0.769. The van der Waals surface area contributed by atoms with Gasteiger partial charge in [0.25, 0.3) is 0 Å². The minimum Gasteiger partial charge on any atom is -0.480 e. The number of nitrogens with zero attached hydrogens (tertiary/aromatic N) is 3. The van der Waals surface area contributed by atoms with Crippen LogP contribution in [0.15, 0.2) is 0 Å². The highest BCUT2D eigenvalue weighted by atomic mass is 16.4. The van der Waals surface area contributed by atoms with Crippen LogP contribution in [-0.2, 0) is 16.8 Å². The Morgan fingerprint density at radius 2 is 2.00 bits per heavy atom. The third-order valence-electron chi connectivity index (χ3n) is 3.92. The van der Waals surface area contributed by atoms with Crippen molar-refractivity contribution in [3.05, 3.63) is 11.6 Å². The van der Waals surface area contributed by atoms with Gasteiger partial charge in [-0.3, -0.25) is 4.57 Å². The molecule has 1 fully saturated rings. The Morgan fingerprint density at radius 3 is 2.56 bits per heavy atom. The van der Waals surface area contributed by atoms with Gasteiger partial charge in [0.1, 0.15) is 17.2 Å². The number of hydrogen-bond acceptors (Lipinski definition) is 3. The SMILES string of the molecule is Cc1nnc(CC2CCCC2)n1C(C)(C)C(=O)O. The Labute approximate surface area is 107 Å². The summed E-state index contributed by atoms with van der Waals surface area (Å²) >= 11 is 0. The van der Waals surface area contributed by atoms with Crippen molar-refractivity contribution in [3.8, 4) is 0 Å². The molecular weight excluding hydrogens is 230 g/mol. The van der Waals surface area contributed by atoms with Crippen molar-refractivity contribution >= 4 is 5.97 Å². The van der Waals surface area contributed by atoms with E-state index in [0.717, 1.165) is 12.2 Å². The molecule has 1 aliphatic rings. The Balaban J connectivity index is 2.29. The van der Waals surface area contributed by atoms with Crippen LogP contribution in [0.2, 0.25) is 0 Å². The van der Waals surface area contributed by atoms with Gasteiger partial charge in [-0.05, 0) is 26.7 Å². The van der Waals surface area contributed by atoms with E-state index < -0.39 is 11.5 Å². The number of hydrogen-bond donors (Lipinski definition) is 1. The monoisotopic (exact) mass is 251 g/mol. The standard InChI is InChI=1S/C13H21N3O2/c1-9-14-15-11(8-10-6-4-5-7-10)16(9)13(2,3)12(17)18/h10H,4-8H2,1-3H3,(H,17,18). The molecule has 1 aliphatic carbocycles. The van der Waals surface area contributed by atoms with Crippen molar-refractivity contribution in [2.75, 3.05) is 0 Å². The Bertz CT molecular complexity index is 445. The molecule has 2 rings (SSSR count). The van der Waals surface area contributed by atoms with Crippen LogP contribution < -0.4 is 0 Å². The normalized spacial score (nSPS) is 17.3. The van der Waals surface area contributed by atoms with Crippen LogP contribution in [0.3, 0.4) is 0 Å². The van der Waals surface area contributed by atoms with Crippen LogP contribution in [0.5, 0.6) is 0 Å². The summed E-state index contributed by atoms with van der Waals surface area (Å²) in [4.78, 5) is 11.4. The Morgan fingerprint density at radius 1 is 1.39 bits per heavy atom. The molecule has 0 bridgehead atoms. The van der Waals surface area contributed by atoms with Gasteiger partial charge in [-0.25, -0.2) is 4.79 Å². The zero-order chi connectivity index (χ0) is 13.3. The first kappa shape index (κ1) is 13.1. The number of carboxylic acid groups (broad SMARTS) is 1. The smallest absolute Gasteiger partial charge is 0.329 e. The number of carboxylic acids is 1. The van der Waals surface area contributed by atoms with E-state index in [4.69, 9.17) is 0 Å². The molecular formula is C13H21N3O2.